The fourth-order valence-corrected chi connectivity index (χ4v) is 3.61. The molecule has 1 amide bonds. The number of benzene rings is 2. The summed E-state index contributed by atoms with van der Waals surface area (Å²) >= 11 is 3.35. The van der Waals surface area contributed by atoms with E-state index in [0.29, 0.717) is 16.3 Å². The van der Waals surface area contributed by atoms with Crippen molar-refractivity contribution in [3.8, 4) is 0 Å². The highest BCUT2D eigenvalue weighted by molar-refractivity contribution is 9.10. The first-order valence-electron chi connectivity index (χ1n) is 6.31. The van der Waals surface area contributed by atoms with Crippen molar-refractivity contribution in [2.75, 3.05) is 11.1 Å². The molecule has 0 aromatic heterocycles. The van der Waals surface area contributed by atoms with Crippen molar-refractivity contribution < 1.29 is 9.00 Å². The van der Waals surface area contributed by atoms with Gasteiger partial charge in [0, 0.05) is 4.47 Å². The van der Waals surface area contributed by atoms with Crippen LogP contribution in [-0.2, 0) is 15.6 Å². The van der Waals surface area contributed by atoms with Gasteiger partial charge in [0.05, 0.1) is 27.1 Å². The lowest BCUT2D eigenvalue weighted by Crippen LogP contribution is -2.29. The van der Waals surface area contributed by atoms with Crippen LogP contribution in [0, 0.1) is 0 Å². The van der Waals surface area contributed by atoms with Crippen LogP contribution in [0.1, 0.15) is 6.92 Å². The van der Waals surface area contributed by atoms with E-state index in [1.165, 1.54) is 0 Å². The van der Waals surface area contributed by atoms with Gasteiger partial charge in [-0.2, -0.15) is 0 Å². The van der Waals surface area contributed by atoms with E-state index in [0.717, 1.165) is 4.47 Å². The molecular formula is C15H15BrN2O2S. The second kappa shape index (κ2) is 6.87. The van der Waals surface area contributed by atoms with E-state index in [2.05, 4.69) is 21.2 Å². The lowest BCUT2D eigenvalue weighted by Gasteiger charge is -2.14. The molecular weight excluding hydrogens is 352 g/mol. The highest BCUT2D eigenvalue weighted by Crippen LogP contribution is 2.23. The molecule has 0 aliphatic carbocycles. The Hall–Kier alpha value is -1.66. The Bertz CT molecular complexity index is 691. The highest BCUT2D eigenvalue weighted by Gasteiger charge is 2.23. The van der Waals surface area contributed by atoms with Crippen LogP contribution in [0.3, 0.4) is 0 Å². The third kappa shape index (κ3) is 3.71. The molecule has 4 nitrogen and oxygen atoms in total. The molecule has 2 aromatic rings. The maximum Gasteiger partial charge on any atom is 0.240 e. The molecule has 21 heavy (non-hydrogen) atoms. The average molecular weight is 367 g/mol. The largest absolute Gasteiger partial charge is 0.397 e. The van der Waals surface area contributed by atoms with Gasteiger partial charge in [-0.3, -0.25) is 9.00 Å². The molecule has 0 aliphatic rings. The van der Waals surface area contributed by atoms with Crippen LogP contribution in [0.25, 0.3) is 0 Å². The third-order valence-electron chi connectivity index (χ3n) is 2.96. The number of hydrogen-bond acceptors (Lipinski definition) is 3. The van der Waals surface area contributed by atoms with Gasteiger partial charge in [-0.1, -0.05) is 24.3 Å². The Balaban J connectivity index is 2.15. The molecule has 110 valence electrons. The van der Waals surface area contributed by atoms with Gasteiger partial charge in [-0.25, -0.2) is 0 Å². The van der Waals surface area contributed by atoms with Gasteiger partial charge in [0.15, 0.2) is 0 Å². The smallest absolute Gasteiger partial charge is 0.240 e. The molecule has 0 spiro atoms. The van der Waals surface area contributed by atoms with Crippen LogP contribution in [0.5, 0.6) is 0 Å². The molecule has 0 heterocycles. The first-order chi connectivity index (χ1) is 10.0. The van der Waals surface area contributed by atoms with Gasteiger partial charge in [0.25, 0.3) is 0 Å². The number of rotatable bonds is 4. The van der Waals surface area contributed by atoms with Gasteiger partial charge < -0.3 is 11.1 Å². The van der Waals surface area contributed by atoms with E-state index < -0.39 is 16.0 Å². The molecule has 0 aliphatic heterocycles. The van der Waals surface area contributed by atoms with Crippen LogP contribution >= 0.6 is 15.9 Å². The van der Waals surface area contributed by atoms with Crippen LogP contribution in [0.15, 0.2) is 57.9 Å². The number of hydrogen-bond donors (Lipinski definition) is 2. The zero-order chi connectivity index (χ0) is 15.4. The molecule has 0 bridgehead atoms. The maximum absolute atomic E-state index is 12.5. The Morgan fingerprint density at radius 1 is 1.19 bits per heavy atom. The molecule has 0 saturated carbocycles. The van der Waals surface area contributed by atoms with Crippen LogP contribution in [-0.4, -0.2) is 15.4 Å². The van der Waals surface area contributed by atoms with Crippen LogP contribution in [0.2, 0.25) is 0 Å². The van der Waals surface area contributed by atoms with Gasteiger partial charge >= 0.3 is 0 Å². The van der Waals surface area contributed by atoms with Crippen molar-refractivity contribution in [1.82, 2.24) is 0 Å². The minimum absolute atomic E-state index is 0.331. The molecule has 2 unspecified atom stereocenters. The number of nitrogens with one attached hydrogen (secondary N) is 1. The summed E-state index contributed by atoms with van der Waals surface area (Å²) in [6.07, 6.45) is 0. The Morgan fingerprint density at radius 3 is 2.48 bits per heavy atom. The fourth-order valence-electron chi connectivity index (χ4n) is 1.74. The third-order valence-corrected chi connectivity index (χ3v) is 5.56. The lowest BCUT2D eigenvalue weighted by molar-refractivity contribution is -0.115. The van der Waals surface area contributed by atoms with Gasteiger partial charge in [0.2, 0.25) is 5.91 Å². The van der Waals surface area contributed by atoms with E-state index in [1.54, 1.807) is 49.4 Å². The van der Waals surface area contributed by atoms with Gasteiger partial charge in [-0.15, -0.1) is 0 Å². The first-order valence-corrected chi connectivity index (χ1v) is 8.31. The second-order valence-corrected chi connectivity index (χ2v) is 7.04. The number of amides is 1. The van der Waals surface area contributed by atoms with Gasteiger partial charge in [0.1, 0.15) is 5.25 Å². The summed E-state index contributed by atoms with van der Waals surface area (Å²) in [6, 6.07) is 14.1. The SMILES string of the molecule is CC(C(=O)Nc1ccccc1N)S(=O)c1ccccc1Br. The zero-order valence-electron chi connectivity index (χ0n) is 11.4. The summed E-state index contributed by atoms with van der Waals surface area (Å²) in [5.74, 6) is -0.331. The van der Waals surface area contributed by atoms with E-state index in [4.69, 9.17) is 5.73 Å². The summed E-state index contributed by atoms with van der Waals surface area (Å²) in [5.41, 5.74) is 6.79. The summed E-state index contributed by atoms with van der Waals surface area (Å²) in [4.78, 5) is 12.8. The van der Waals surface area contributed by atoms with Crippen LogP contribution < -0.4 is 11.1 Å². The molecule has 3 N–H and O–H groups in total. The highest BCUT2D eigenvalue weighted by atomic mass is 79.9. The minimum atomic E-state index is -1.45. The van der Waals surface area contributed by atoms with Crippen molar-refractivity contribution in [2.45, 2.75) is 17.1 Å². The number of nitrogens with two attached hydrogens (primary N) is 1. The topological polar surface area (TPSA) is 72.2 Å². The fraction of sp³-hybridized carbons (Fsp3) is 0.133. The zero-order valence-corrected chi connectivity index (χ0v) is 13.8. The van der Waals surface area contributed by atoms with Crippen LogP contribution in [0.4, 0.5) is 11.4 Å². The van der Waals surface area contributed by atoms with E-state index in [9.17, 15) is 9.00 Å². The summed E-state index contributed by atoms with van der Waals surface area (Å²) in [6.45, 7) is 1.63. The first kappa shape index (κ1) is 15.7. The lowest BCUT2D eigenvalue weighted by atomic mass is 10.2. The summed E-state index contributed by atoms with van der Waals surface area (Å²) < 4.78 is 13.2. The van der Waals surface area contributed by atoms with E-state index in [-0.39, 0.29) is 5.91 Å². The number of nitrogen functional groups attached to an aromatic ring is 1. The maximum atomic E-state index is 12.5. The predicted octanol–water partition coefficient (Wildman–Crippen LogP) is 3.17. The standard InChI is InChI=1S/C15H15BrN2O2S/c1-10(21(20)14-9-5-2-6-11(14)16)15(19)18-13-8-4-3-7-12(13)17/h2-10H,17H2,1H3,(H,18,19). The monoisotopic (exact) mass is 366 g/mol. The number of anilines is 2. The summed E-state index contributed by atoms with van der Waals surface area (Å²) in [7, 11) is -1.45. The number of para-hydroxylation sites is 2. The molecule has 2 atom stereocenters. The average Bonchev–Trinajstić information content (AvgIpc) is 2.48. The molecule has 0 radical (unpaired) electrons. The predicted molar refractivity (Wildman–Crippen MR) is 89.5 cm³/mol. The Labute approximate surface area is 134 Å². The number of halogens is 1. The van der Waals surface area contributed by atoms with E-state index >= 15 is 0 Å². The minimum Gasteiger partial charge on any atom is -0.397 e. The van der Waals surface area contributed by atoms with Crippen molar-refractivity contribution in [3.63, 3.8) is 0 Å². The van der Waals surface area contributed by atoms with Crippen molar-refractivity contribution in [2.24, 2.45) is 0 Å². The molecule has 6 heteroatoms. The van der Waals surface area contributed by atoms with Crippen molar-refractivity contribution in [1.29, 1.82) is 0 Å². The van der Waals surface area contributed by atoms with Crippen molar-refractivity contribution >= 4 is 44.0 Å². The van der Waals surface area contributed by atoms with Crippen molar-refractivity contribution in [3.05, 3.63) is 53.0 Å². The number of carbonyl (C=O) groups is 1. The normalized spacial score (nSPS) is 13.4. The number of carbonyl (C=O) groups excluding carboxylic acids is 1. The molecule has 0 fully saturated rings. The molecule has 2 rings (SSSR count). The molecule has 0 saturated heterocycles. The Kier molecular flexibility index (Phi) is 5.14. The molecule has 2 aromatic carbocycles. The summed E-state index contributed by atoms with van der Waals surface area (Å²) in [5, 5.41) is 2.02. The van der Waals surface area contributed by atoms with E-state index in [1.807, 2.05) is 6.07 Å². The second-order valence-electron chi connectivity index (χ2n) is 4.45. The Morgan fingerprint density at radius 2 is 1.81 bits per heavy atom. The quantitative estimate of drug-likeness (QED) is 0.816. The van der Waals surface area contributed by atoms with Gasteiger partial charge in [-0.05, 0) is 47.1 Å².